The third-order valence-corrected chi connectivity index (χ3v) is 6.40. The number of aromatic nitrogens is 2. The first-order valence-electron chi connectivity index (χ1n) is 11.4. The number of alkyl halides is 3. The molecule has 202 valence electrons. The van der Waals surface area contributed by atoms with Gasteiger partial charge in [-0.2, -0.15) is 23.4 Å². The van der Waals surface area contributed by atoms with Crippen LogP contribution in [0.1, 0.15) is 37.7 Å². The first-order valence-corrected chi connectivity index (χ1v) is 11.8. The van der Waals surface area contributed by atoms with E-state index in [1.54, 1.807) is 6.92 Å². The molecule has 0 atom stereocenters. The van der Waals surface area contributed by atoms with E-state index in [0.29, 0.717) is 12.5 Å². The van der Waals surface area contributed by atoms with Crippen molar-refractivity contribution in [1.82, 2.24) is 9.97 Å². The summed E-state index contributed by atoms with van der Waals surface area (Å²) < 4.78 is 61.6. The summed E-state index contributed by atoms with van der Waals surface area (Å²) in [7, 11) is 0. The fraction of sp³-hybridized carbons (Fsp3) is 0.280. The zero-order chi connectivity index (χ0) is 28.9. The first-order chi connectivity index (χ1) is 18.2. The second-order valence-corrected chi connectivity index (χ2v) is 9.40. The summed E-state index contributed by atoms with van der Waals surface area (Å²) in [6, 6.07) is 6.76. The maximum atomic E-state index is 15.4. The van der Waals surface area contributed by atoms with Gasteiger partial charge in [0, 0.05) is 12.1 Å². The number of halogens is 4. The Bertz CT molecular complexity index is 1580. The van der Waals surface area contributed by atoms with Crippen LogP contribution < -0.4 is 20.3 Å². The number of carbonyl (C=O) groups excluding carboxylic acids is 2. The van der Waals surface area contributed by atoms with Crippen LogP contribution in [0, 0.1) is 17.1 Å². The first kappa shape index (κ1) is 27.6. The lowest BCUT2D eigenvalue weighted by molar-refractivity contribution is -0.137. The smallest absolute Gasteiger partial charge is 0.417 e. The topological polar surface area (TPSA) is 125 Å². The van der Waals surface area contributed by atoms with Gasteiger partial charge in [-0.3, -0.25) is 14.5 Å². The molecule has 0 radical (unpaired) electrons. The molecule has 3 aromatic rings. The number of rotatable bonds is 6. The molecule has 0 spiro atoms. The highest BCUT2D eigenvalue weighted by atomic mass is 32.1. The SMILES string of the molecule is CCc1nc(OCC(N)=O)c2cc(N3C(=S)N(c4ccc(C#N)c(C(F)(F)F)c4)C(=O)C3(C)C)cc(F)c2n1. The Labute approximate surface area is 224 Å². The van der Waals surface area contributed by atoms with Crippen molar-refractivity contribution in [3.05, 3.63) is 53.1 Å². The van der Waals surface area contributed by atoms with Crippen LogP contribution in [0.4, 0.5) is 28.9 Å². The maximum Gasteiger partial charge on any atom is 0.417 e. The predicted molar refractivity (Wildman–Crippen MR) is 136 cm³/mol. The van der Waals surface area contributed by atoms with Crippen LogP contribution in [-0.4, -0.2) is 39.0 Å². The monoisotopic (exact) mass is 560 g/mol. The van der Waals surface area contributed by atoms with E-state index in [4.69, 9.17) is 28.0 Å². The van der Waals surface area contributed by atoms with Crippen molar-refractivity contribution in [1.29, 1.82) is 5.26 Å². The highest BCUT2D eigenvalue weighted by molar-refractivity contribution is 7.81. The fourth-order valence-electron chi connectivity index (χ4n) is 4.19. The summed E-state index contributed by atoms with van der Waals surface area (Å²) in [6.07, 6.45) is -4.53. The Morgan fingerprint density at radius 3 is 2.49 bits per heavy atom. The molecule has 1 fully saturated rings. The van der Waals surface area contributed by atoms with E-state index in [1.807, 2.05) is 0 Å². The number of benzene rings is 2. The number of aryl methyl sites for hydroxylation is 1. The third-order valence-electron chi connectivity index (χ3n) is 6.03. The van der Waals surface area contributed by atoms with Crippen molar-refractivity contribution in [2.75, 3.05) is 16.4 Å². The number of carbonyl (C=O) groups is 2. The van der Waals surface area contributed by atoms with Crippen LogP contribution in [0.2, 0.25) is 0 Å². The van der Waals surface area contributed by atoms with Gasteiger partial charge in [0.25, 0.3) is 11.8 Å². The predicted octanol–water partition coefficient (Wildman–Crippen LogP) is 4.00. The molecule has 14 heteroatoms. The molecule has 0 bridgehead atoms. The minimum atomic E-state index is -4.86. The minimum Gasteiger partial charge on any atom is -0.467 e. The molecule has 0 saturated carbocycles. The number of nitrogens with two attached hydrogens (primary N) is 1. The summed E-state index contributed by atoms with van der Waals surface area (Å²) in [4.78, 5) is 35.3. The Morgan fingerprint density at radius 1 is 1.21 bits per heavy atom. The number of nitriles is 1. The van der Waals surface area contributed by atoms with Crippen molar-refractivity contribution < 1.29 is 31.9 Å². The normalized spacial score (nSPS) is 15.1. The zero-order valence-electron chi connectivity index (χ0n) is 20.8. The fourth-order valence-corrected chi connectivity index (χ4v) is 4.71. The van der Waals surface area contributed by atoms with E-state index in [0.717, 1.165) is 17.0 Å². The van der Waals surface area contributed by atoms with Crippen molar-refractivity contribution in [3.8, 4) is 11.9 Å². The number of nitrogens with zero attached hydrogens (tertiary/aromatic N) is 5. The van der Waals surface area contributed by atoms with Gasteiger partial charge in [-0.1, -0.05) is 6.92 Å². The van der Waals surface area contributed by atoms with Crippen LogP contribution in [0.5, 0.6) is 5.88 Å². The number of thiocarbonyl (C=S) groups is 1. The molecule has 1 aromatic heterocycles. The molecule has 1 saturated heterocycles. The van der Waals surface area contributed by atoms with Gasteiger partial charge in [0.05, 0.1) is 28.3 Å². The molecule has 1 aliphatic heterocycles. The molecule has 39 heavy (non-hydrogen) atoms. The van der Waals surface area contributed by atoms with Gasteiger partial charge in [-0.15, -0.1) is 0 Å². The Morgan fingerprint density at radius 2 is 1.90 bits per heavy atom. The van der Waals surface area contributed by atoms with Crippen molar-refractivity contribution in [2.24, 2.45) is 5.73 Å². The second-order valence-electron chi connectivity index (χ2n) is 9.03. The van der Waals surface area contributed by atoms with Crippen LogP contribution in [0.3, 0.4) is 0 Å². The van der Waals surface area contributed by atoms with Crippen LogP contribution >= 0.6 is 12.2 Å². The van der Waals surface area contributed by atoms with E-state index in [-0.39, 0.29) is 39.1 Å². The number of hydrogen-bond acceptors (Lipinski definition) is 7. The number of amides is 2. The largest absolute Gasteiger partial charge is 0.467 e. The highest BCUT2D eigenvalue weighted by Crippen LogP contribution is 2.41. The average Bonchev–Trinajstić information content (AvgIpc) is 3.04. The van der Waals surface area contributed by atoms with Gasteiger partial charge in [-0.05, 0) is 56.4 Å². The molecular formula is C25H20F4N6O3S. The lowest BCUT2D eigenvalue weighted by Crippen LogP contribution is -2.44. The number of anilines is 2. The van der Waals surface area contributed by atoms with E-state index < -0.39 is 47.1 Å². The summed E-state index contributed by atoms with van der Waals surface area (Å²) in [5.41, 5.74) is 1.59. The van der Waals surface area contributed by atoms with Gasteiger partial charge >= 0.3 is 6.18 Å². The van der Waals surface area contributed by atoms with Gasteiger partial charge in [-0.25, -0.2) is 9.37 Å². The van der Waals surface area contributed by atoms with Crippen LogP contribution in [0.15, 0.2) is 30.3 Å². The highest BCUT2D eigenvalue weighted by Gasteiger charge is 2.51. The zero-order valence-corrected chi connectivity index (χ0v) is 21.6. The maximum absolute atomic E-state index is 15.4. The summed E-state index contributed by atoms with van der Waals surface area (Å²) in [5.74, 6) is -2.17. The lowest BCUT2D eigenvalue weighted by Gasteiger charge is -2.29. The number of ether oxygens (including phenoxy) is 1. The standard InChI is InChI=1S/C25H20F4N6O3S/c1-4-19-32-20-15(21(33-19)38-11-18(31)36)7-14(9-17(20)26)35-23(39)34(22(37)24(35,2)3)13-6-5-12(10-30)16(8-13)25(27,28)29/h5-9H,4,11H2,1-3H3,(H2,31,36). The Kier molecular flexibility index (Phi) is 6.90. The molecule has 2 heterocycles. The van der Waals surface area contributed by atoms with E-state index in [1.165, 1.54) is 36.9 Å². The lowest BCUT2D eigenvalue weighted by atomic mass is 10.0. The van der Waals surface area contributed by atoms with Crippen LogP contribution in [0.25, 0.3) is 10.9 Å². The second kappa shape index (κ2) is 9.73. The van der Waals surface area contributed by atoms with E-state index in [2.05, 4.69) is 9.97 Å². The average molecular weight is 561 g/mol. The Balaban J connectivity index is 1.86. The van der Waals surface area contributed by atoms with Crippen molar-refractivity contribution in [2.45, 2.75) is 38.9 Å². The van der Waals surface area contributed by atoms with E-state index in [9.17, 15) is 22.8 Å². The molecule has 0 aliphatic carbocycles. The molecule has 2 N–H and O–H groups in total. The van der Waals surface area contributed by atoms with Crippen LogP contribution in [-0.2, 0) is 22.2 Å². The molecule has 2 amide bonds. The minimum absolute atomic E-state index is 0.0608. The van der Waals surface area contributed by atoms with Gasteiger partial charge in [0.15, 0.2) is 17.5 Å². The summed E-state index contributed by atoms with van der Waals surface area (Å²) in [5, 5.41) is 8.94. The molecule has 2 aromatic carbocycles. The van der Waals surface area contributed by atoms with E-state index >= 15 is 4.39 Å². The molecular weight excluding hydrogens is 540 g/mol. The number of hydrogen-bond donors (Lipinski definition) is 1. The number of fused-ring (bicyclic) bond motifs is 1. The number of primary amides is 1. The van der Waals surface area contributed by atoms with Gasteiger partial charge < -0.3 is 15.4 Å². The van der Waals surface area contributed by atoms with Crippen molar-refractivity contribution in [3.63, 3.8) is 0 Å². The summed E-state index contributed by atoms with van der Waals surface area (Å²) >= 11 is 5.51. The Hall–Kier alpha value is -4.38. The molecule has 9 nitrogen and oxygen atoms in total. The molecule has 0 unspecified atom stereocenters. The molecule has 4 rings (SSSR count). The van der Waals surface area contributed by atoms with Gasteiger partial charge in [0.1, 0.15) is 16.9 Å². The summed E-state index contributed by atoms with van der Waals surface area (Å²) in [6.45, 7) is 4.14. The van der Waals surface area contributed by atoms with Gasteiger partial charge in [0.2, 0.25) is 5.88 Å². The quantitative estimate of drug-likeness (QED) is 0.354. The van der Waals surface area contributed by atoms with Crippen molar-refractivity contribution >= 4 is 51.4 Å². The third kappa shape index (κ3) is 4.81. The molecule has 1 aliphatic rings.